The molecule has 2 fully saturated rings. The minimum absolute atomic E-state index is 0.320. The number of aliphatic hydroxyl groups is 1. The average molecular weight is 310 g/mol. The summed E-state index contributed by atoms with van der Waals surface area (Å²) < 4.78 is 6.11. The fourth-order valence-electron chi connectivity index (χ4n) is 3.59. The number of amides is 2. The number of fused-ring (bicyclic) bond motifs is 1. The van der Waals surface area contributed by atoms with Crippen LogP contribution in [0.3, 0.4) is 0 Å². The highest BCUT2D eigenvalue weighted by atomic mass is 16.5. The van der Waals surface area contributed by atoms with Crippen LogP contribution < -0.4 is 5.32 Å². The minimum Gasteiger partial charge on any atom is -0.363 e. The van der Waals surface area contributed by atoms with E-state index in [9.17, 15) is 9.90 Å². The van der Waals surface area contributed by atoms with E-state index in [2.05, 4.69) is 5.32 Å². The summed E-state index contributed by atoms with van der Waals surface area (Å²) in [6.45, 7) is 1.02. The van der Waals surface area contributed by atoms with E-state index in [0.717, 1.165) is 12.0 Å². The quantitative estimate of drug-likeness (QED) is 0.893. The van der Waals surface area contributed by atoms with Gasteiger partial charge in [0, 0.05) is 17.7 Å². The summed E-state index contributed by atoms with van der Waals surface area (Å²) >= 11 is 0. The van der Waals surface area contributed by atoms with Crippen LogP contribution in [0.4, 0.5) is 4.79 Å². The Morgan fingerprint density at radius 1 is 1.00 bits per heavy atom. The summed E-state index contributed by atoms with van der Waals surface area (Å²) in [6.07, 6.45) is 0.743. The van der Waals surface area contributed by atoms with Crippen molar-refractivity contribution in [3.05, 3.63) is 71.8 Å². The number of urea groups is 1. The molecule has 0 saturated carbocycles. The van der Waals surface area contributed by atoms with Gasteiger partial charge in [-0.1, -0.05) is 60.7 Å². The molecule has 2 aliphatic heterocycles. The Hall–Kier alpha value is -2.37. The number of rotatable bonds is 2. The Balaban J connectivity index is 1.96. The van der Waals surface area contributed by atoms with E-state index in [-0.39, 0.29) is 6.03 Å². The van der Waals surface area contributed by atoms with Gasteiger partial charge in [-0.05, 0) is 6.42 Å². The maximum Gasteiger partial charge on any atom is 0.322 e. The maximum atomic E-state index is 12.6. The summed E-state index contributed by atoms with van der Waals surface area (Å²) in [5, 5.41) is 14.3. The van der Waals surface area contributed by atoms with Gasteiger partial charge in [-0.2, -0.15) is 0 Å². The van der Waals surface area contributed by atoms with Crippen molar-refractivity contribution in [2.45, 2.75) is 17.9 Å². The van der Waals surface area contributed by atoms with Gasteiger partial charge in [0.2, 0.25) is 11.4 Å². The molecular formula is C18H18N2O3. The third-order valence-electron chi connectivity index (χ3n) is 4.60. The van der Waals surface area contributed by atoms with Crippen LogP contribution in [0, 0.1) is 0 Å². The van der Waals surface area contributed by atoms with Gasteiger partial charge in [-0.15, -0.1) is 0 Å². The molecule has 5 heteroatoms. The van der Waals surface area contributed by atoms with E-state index in [4.69, 9.17) is 4.74 Å². The minimum atomic E-state index is -1.65. The van der Waals surface area contributed by atoms with Crippen molar-refractivity contribution in [3.63, 3.8) is 0 Å². The van der Waals surface area contributed by atoms with Gasteiger partial charge in [0.05, 0.1) is 6.61 Å². The molecule has 23 heavy (non-hydrogen) atoms. The van der Waals surface area contributed by atoms with Crippen molar-refractivity contribution in [1.29, 1.82) is 0 Å². The molecule has 2 saturated heterocycles. The van der Waals surface area contributed by atoms with Crippen LogP contribution in [0.1, 0.15) is 17.5 Å². The van der Waals surface area contributed by atoms with E-state index < -0.39 is 11.4 Å². The molecule has 0 radical (unpaired) electrons. The Morgan fingerprint density at radius 3 is 2.26 bits per heavy atom. The maximum absolute atomic E-state index is 12.6. The Morgan fingerprint density at radius 2 is 1.61 bits per heavy atom. The van der Waals surface area contributed by atoms with Crippen molar-refractivity contribution in [2.24, 2.45) is 0 Å². The van der Waals surface area contributed by atoms with Crippen LogP contribution in [-0.2, 0) is 16.2 Å². The predicted octanol–water partition coefficient (Wildman–Crippen LogP) is 2.13. The smallest absolute Gasteiger partial charge is 0.322 e. The fourth-order valence-corrected chi connectivity index (χ4v) is 3.59. The zero-order chi connectivity index (χ0) is 15.9. The van der Waals surface area contributed by atoms with Crippen LogP contribution in [-0.4, -0.2) is 29.2 Å². The number of hydrogen-bond donors (Lipinski definition) is 2. The molecule has 4 rings (SSSR count). The molecule has 2 N–H and O–H groups in total. The largest absolute Gasteiger partial charge is 0.363 e. The molecule has 0 aliphatic carbocycles. The lowest BCUT2D eigenvalue weighted by molar-refractivity contribution is -0.259. The van der Waals surface area contributed by atoms with Gasteiger partial charge < -0.3 is 15.2 Å². The van der Waals surface area contributed by atoms with E-state index in [1.807, 2.05) is 48.5 Å². The number of carbonyl (C=O) groups is 1. The third kappa shape index (κ3) is 1.84. The molecule has 5 nitrogen and oxygen atoms in total. The van der Waals surface area contributed by atoms with Gasteiger partial charge >= 0.3 is 6.03 Å². The second kappa shape index (κ2) is 5.08. The lowest BCUT2D eigenvalue weighted by Crippen LogP contribution is -2.60. The molecule has 2 aliphatic rings. The first-order chi connectivity index (χ1) is 11.2. The second-order valence-corrected chi connectivity index (χ2v) is 5.87. The monoisotopic (exact) mass is 310 g/mol. The van der Waals surface area contributed by atoms with E-state index >= 15 is 0 Å². The van der Waals surface area contributed by atoms with Crippen molar-refractivity contribution in [1.82, 2.24) is 10.2 Å². The normalized spacial score (nSPS) is 30.0. The van der Waals surface area contributed by atoms with E-state index in [1.54, 1.807) is 17.0 Å². The highest BCUT2D eigenvalue weighted by molar-refractivity contribution is 5.80. The predicted molar refractivity (Wildman–Crippen MR) is 84.3 cm³/mol. The first kappa shape index (κ1) is 14.2. The average Bonchev–Trinajstić information content (AvgIpc) is 2.86. The standard InChI is InChI=1S/C18H18N2O3/c21-16-19-17(22,14-8-3-1-4-9-14)18(15-10-5-2-6-11-15)20(16)12-7-13-23-18/h1-6,8-11,22H,7,12-13H2,(H,19,21). The van der Waals surface area contributed by atoms with Crippen molar-refractivity contribution >= 4 is 6.03 Å². The Labute approximate surface area is 134 Å². The SMILES string of the molecule is O=C1NC(O)(c2ccccc2)C2(c3ccccc3)OCCCN12. The lowest BCUT2D eigenvalue weighted by atomic mass is 9.85. The van der Waals surface area contributed by atoms with E-state index in [1.165, 1.54) is 0 Å². The number of hydrogen-bond acceptors (Lipinski definition) is 3. The molecule has 2 aromatic rings. The van der Waals surface area contributed by atoms with Crippen LogP contribution >= 0.6 is 0 Å². The molecule has 0 aromatic heterocycles. The van der Waals surface area contributed by atoms with Crippen LogP contribution in [0.15, 0.2) is 60.7 Å². The van der Waals surface area contributed by atoms with Gasteiger partial charge in [-0.3, -0.25) is 4.90 Å². The molecule has 2 heterocycles. The summed E-state index contributed by atoms with van der Waals surface area (Å²) in [7, 11) is 0. The second-order valence-electron chi connectivity index (χ2n) is 5.87. The zero-order valence-electron chi connectivity index (χ0n) is 12.6. The molecule has 0 bridgehead atoms. The van der Waals surface area contributed by atoms with Gasteiger partial charge in [0.1, 0.15) is 0 Å². The van der Waals surface area contributed by atoms with Gasteiger partial charge in [0.15, 0.2) is 0 Å². The van der Waals surface area contributed by atoms with Crippen molar-refractivity contribution in [3.8, 4) is 0 Å². The van der Waals surface area contributed by atoms with Gasteiger partial charge in [0.25, 0.3) is 0 Å². The number of carbonyl (C=O) groups excluding carboxylic acids is 1. The molecule has 2 aromatic carbocycles. The molecule has 0 spiro atoms. The van der Waals surface area contributed by atoms with Crippen LogP contribution in [0.25, 0.3) is 0 Å². The Kier molecular flexibility index (Phi) is 3.14. The highest BCUT2D eigenvalue weighted by Crippen LogP contribution is 2.50. The number of nitrogens with zero attached hydrogens (tertiary/aromatic N) is 1. The molecule has 2 amide bonds. The number of benzene rings is 2. The zero-order valence-corrected chi connectivity index (χ0v) is 12.6. The third-order valence-corrected chi connectivity index (χ3v) is 4.60. The van der Waals surface area contributed by atoms with Crippen molar-refractivity contribution in [2.75, 3.05) is 13.2 Å². The summed E-state index contributed by atoms with van der Waals surface area (Å²) in [6, 6.07) is 18.3. The van der Waals surface area contributed by atoms with E-state index in [0.29, 0.717) is 18.7 Å². The van der Waals surface area contributed by atoms with Crippen LogP contribution in [0.2, 0.25) is 0 Å². The highest BCUT2D eigenvalue weighted by Gasteiger charge is 2.66. The first-order valence-electron chi connectivity index (χ1n) is 7.76. The summed E-state index contributed by atoms with van der Waals surface area (Å²) in [5.41, 5.74) is -1.55. The Bertz CT molecular complexity index is 722. The molecule has 2 unspecified atom stereocenters. The number of ether oxygens (including phenoxy) is 1. The van der Waals surface area contributed by atoms with Crippen LogP contribution in [0.5, 0.6) is 0 Å². The fraction of sp³-hybridized carbons (Fsp3) is 0.278. The summed E-state index contributed by atoms with van der Waals surface area (Å²) in [4.78, 5) is 14.1. The molecule has 118 valence electrons. The van der Waals surface area contributed by atoms with Crippen molar-refractivity contribution < 1.29 is 14.6 Å². The molecule has 2 atom stereocenters. The molecular weight excluding hydrogens is 292 g/mol. The topological polar surface area (TPSA) is 61.8 Å². The van der Waals surface area contributed by atoms with Gasteiger partial charge in [-0.25, -0.2) is 4.79 Å². The lowest BCUT2D eigenvalue weighted by Gasteiger charge is -2.47. The summed E-state index contributed by atoms with van der Waals surface area (Å²) in [5.74, 6) is 0. The number of nitrogens with one attached hydrogen (secondary N) is 1. The first-order valence-corrected chi connectivity index (χ1v) is 7.76.